The largest absolute Gasteiger partial charge is 0.454 e. The highest BCUT2D eigenvalue weighted by molar-refractivity contribution is 5.90. The fraction of sp³-hybridized carbons (Fsp3) is 0.652. The molecule has 0 spiro atoms. The van der Waals surface area contributed by atoms with Crippen molar-refractivity contribution in [1.29, 1.82) is 0 Å². The molecule has 32 heavy (non-hydrogen) atoms. The minimum atomic E-state index is -0.481. The van der Waals surface area contributed by atoms with Gasteiger partial charge in [-0.2, -0.15) is 0 Å². The maximum absolute atomic E-state index is 12.4. The van der Waals surface area contributed by atoms with Gasteiger partial charge in [-0.3, -0.25) is 4.79 Å². The molecule has 1 saturated heterocycles. The molecule has 0 radical (unpaired) electrons. The Balaban J connectivity index is 1.19. The Morgan fingerprint density at radius 3 is 2.66 bits per heavy atom. The standard InChI is InChI=1S/C23H33N3O6/c27-13-21-18(26-23(29)25-16-6-9-19-20(12-16)31-14-30-19)8-7-17(32-21)10-11-24-22(28)15-4-2-1-3-5-15/h6,9,12,15,17-18,21,27H,1-5,7-8,10-11,13-14H2,(H,24,28)(H2,25,26,29)/t17-,18+,21-/m1/s1. The number of hydrogen-bond donors (Lipinski definition) is 4. The van der Waals surface area contributed by atoms with Crippen LogP contribution in [0.2, 0.25) is 0 Å². The molecule has 9 nitrogen and oxygen atoms in total. The molecular weight excluding hydrogens is 414 g/mol. The van der Waals surface area contributed by atoms with Crippen LogP contribution in [0.4, 0.5) is 10.5 Å². The number of aliphatic hydroxyl groups is 1. The Labute approximate surface area is 188 Å². The molecular formula is C23H33N3O6. The lowest BCUT2D eigenvalue weighted by atomic mass is 9.88. The molecule has 0 bridgehead atoms. The Morgan fingerprint density at radius 2 is 1.84 bits per heavy atom. The third-order valence-electron chi connectivity index (χ3n) is 6.48. The van der Waals surface area contributed by atoms with Crippen molar-refractivity contribution in [2.24, 2.45) is 5.92 Å². The molecule has 1 saturated carbocycles. The topological polar surface area (TPSA) is 118 Å². The minimum Gasteiger partial charge on any atom is -0.454 e. The lowest BCUT2D eigenvalue weighted by Gasteiger charge is -2.36. The summed E-state index contributed by atoms with van der Waals surface area (Å²) in [5.41, 5.74) is 0.593. The lowest BCUT2D eigenvalue weighted by molar-refractivity contribution is -0.126. The first kappa shape index (κ1) is 22.7. The number of amides is 3. The van der Waals surface area contributed by atoms with Crippen LogP contribution in [0.15, 0.2) is 18.2 Å². The molecule has 2 fully saturated rings. The molecule has 2 heterocycles. The SMILES string of the molecule is O=C(Nc1ccc2c(c1)OCO2)N[C@H]1CC[C@H](CCNC(=O)C2CCCCC2)O[C@@H]1CO. The molecule has 0 aromatic heterocycles. The van der Waals surface area contributed by atoms with E-state index in [1.54, 1.807) is 18.2 Å². The molecule has 1 aliphatic carbocycles. The van der Waals surface area contributed by atoms with Crippen LogP contribution in [0.5, 0.6) is 11.5 Å². The summed E-state index contributed by atoms with van der Waals surface area (Å²) in [5, 5.41) is 18.5. The Morgan fingerprint density at radius 1 is 1.03 bits per heavy atom. The van der Waals surface area contributed by atoms with Crippen molar-refractivity contribution in [3.8, 4) is 11.5 Å². The number of ether oxygens (including phenoxy) is 3. The summed E-state index contributed by atoms with van der Waals surface area (Å²) in [5.74, 6) is 1.55. The van der Waals surface area contributed by atoms with Crippen molar-refractivity contribution in [3.63, 3.8) is 0 Å². The van der Waals surface area contributed by atoms with Gasteiger partial charge < -0.3 is 35.3 Å². The molecule has 4 N–H and O–H groups in total. The van der Waals surface area contributed by atoms with E-state index < -0.39 is 6.10 Å². The van der Waals surface area contributed by atoms with Gasteiger partial charge >= 0.3 is 6.03 Å². The summed E-state index contributed by atoms with van der Waals surface area (Å²) in [6, 6.07) is 4.54. The maximum atomic E-state index is 12.4. The average Bonchev–Trinajstić information content (AvgIpc) is 3.28. The number of benzene rings is 1. The third-order valence-corrected chi connectivity index (χ3v) is 6.48. The van der Waals surface area contributed by atoms with E-state index in [1.807, 2.05) is 0 Å². The van der Waals surface area contributed by atoms with Crippen LogP contribution in [-0.2, 0) is 9.53 Å². The van der Waals surface area contributed by atoms with Crippen LogP contribution < -0.4 is 25.4 Å². The molecule has 1 aromatic carbocycles. The van der Waals surface area contributed by atoms with Gasteiger partial charge in [0.15, 0.2) is 11.5 Å². The van der Waals surface area contributed by atoms with Crippen LogP contribution >= 0.6 is 0 Å². The molecule has 0 unspecified atom stereocenters. The fourth-order valence-electron chi connectivity index (χ4n) is 4.68. The number of nitrogens with one attached hydrogen (secondary N) is 3. The quantitative estimate of drug-likeness (QED) is 0.510. The van der Waals surface area contributed by atoms with Crippen LogP contribution in [0, 0.1) is 5.92 Å². The molecule has 4 rings (SSSR count). The summed E-state index contributed by atoms with van der Waals surface area (Å²) >= 11 is 0. The van der Waals surface area contributed by atoms with E-state index in [0.717, 1.165) is 32.1 Å². The van der Waals surface area contributed by atoms with E-state index in [4.69, 9.17) is 14.2 Å². The van der Waals surface area contributed by atoms with E-state index in [2.05, 4.69) is 16.0 Å². The number of carbonyl (C=O) groups is 2. The predicted octanol–water partition coefficient (Wildman–Crippen LogP) is 2.53. The number of urea groups is 1. The number of hydrogen-bond acceptors (Lipinski definition) is 6. The predicted molar refractivity (Wildman–Crippen MR) is 118 cm³/mol. The van der Waals surface area contributed by atoms with Crippen LogP contribution in [0.1, 0.15) is 51.4 Å². The van der Waals surface area contributed by atoms with Crippen molar-refractivity contribution in [2.75, 3.05) is 25.3 Å². The summed E-state index contributed by atoms with van der Waals surface area (Å²) in [7, 11) is 0. The summed E-state index contributed by atoms with van der Waals surface area (Å²) in [4.78, 5) is 24.7. The number of fused-ring (bicyclic) bond motifs is 1. The number of rotatable bonds is 7. The first-order valence-electron chi connectivity index (χ1n) is 11.6. The van der Waals surface area contributed by atoms with E-state index in [1.165, 1.54) is 6.42 Å². The molecule has 3 aliphatic rings. The van der Waals surface area contributed by atoms with Crippen molar-refractivity contribution < 1.29 is 28.9 Å². The van der Waals surface area contributed by atoms with Gasteiger partial charge in [0, 0.05) is 24.2 Å². The van der Waals surface area contributed by atoms with E-state index in [0.29, 0.717) is 36.6 Å². The number of anilines is 1. The second kappa shape index (κ2) is 10.9. The highest BCUT2D eigenvalue weighted by Crippen LogP contribution is 2.34. The second-order valence-corrected chi connectivity index (χ2v) is 8.74. The van der Waals surface area contributed by atoms with Crippen LogP contribution in [0.3, 0.4) is 0 Å². The fourth-order valence-corrected chi connectivity index (χ4v) is 4.68. The Bertz CT molecular complexity index is 798. The molecule has 3 atom stereocenters. The number of carbonyl (C=O) groups excluding carboxylic acids is 2. The van der Waals surface area contributed by atoms with Crippen molar-refractivity contribution >= 4 is 17.6 Å². The summed E-state index contributed by atoms with van der Waals surface area (Å²) in [6.45, 7) is 0.564. The Hall–Kier alpha value is -2.52. The first-order chi connectivity index (χ1) is 15.6. The molecule has 3 amide bonds. The second-order valence-electron chi connectivity index (χ2n) is 8.74. The van der Waals surface area contributed by atoms with Crippen LogP contribution in [0.25, 0.3) is 0 Å². The van der Waals surface area contributed by atoms with Crippen molar-refractivity contribution in [2.45, 2.75) is 69.6 Å². The lowest BCUT2D eigenvalue weighted by Crippen LogP contribution is -2.52. The zero-order valence-corrected chi connectivity index (χ0v) is 18.3. The zero-order valence-electron chi connectivity index (χ0n) is 18.3. The van der Waals surface area contributed by atoms with Gasteiger partial charge in [-0.15, -0.1) is 0 Å². The van der Waals surface area contributed by atoms with Gasteiger partial charge in [-0.1, -0.05) is 19.3 Å². The number of aliphatic hydroxyl groups excluding tert-OH is 1. The van der Waals surface area contributed by atoms with Crippen molar-refractivity contribution in [1.82, 2.24) is 10.6 Å². The van der Waals surface area contributed by atoms with E-state index in [-0.39, 0.29) is 43.4 Å². The van der Waals surface area contributed by atoms with Gasteiger partial charge in [-0.25, -0.2) is 4.79 Å². The average molecular weight is 448 g/mol. The normalized spacial score (nSPS) is 25.2. The maximum Gasteiger partial charge on any atom is 0.319 e. The molecule has 9 heteroatoms. The van der Waals surface area contributed by atoms with E-state index in [9.17, 15) is 14.7 Å². The first-order valence-corrected chi connectivity index (χ1v) is 11.6. The molecule has 1 aromatic rings. The monoisotopic (exact) mass is 447 g/mol. The highest BCUT2D eigenvalue weighted by Gasteiger charge is 2.32. The van der Waals surface area contributed by atoms with Gasteiger partial charge in [0.1, 0.15) is 6.10 Å². The van der Waals surface area contributed by atoms with Crippen molar-refractivity contribution in [3.05, 3.63) is 18.2 Å². The van der Waals surface area contributed by atoms with Gasteiger partial charge in [0.25, 0.3) is 0 Å². The smallest absolute Gasteiger partial charge is 0.319 e. The summed E-state index contributed by atoms with van der Waals surface area (Å²) in [6.07, 6.45) is 7.10. The Kier molecular flexibility index (Phi) is 7.70. The zero-order chi connectivity index (χ0) is 22.3. The minimum absolute atomic E-state index is 0.0474. The third kappa shape index (κ3) is 5.83. The highest BCUT2D eigenvalue weighted by atomic mass is 16.7. The van der Waals surface area contributed by atoms with Gasteiger partial charge in [0.05, 0.1) is 18.8 Å². The molecule has 176 valence electrons. The van der Waals surface area contributed by atoms with Gasteiger partial charge in [0.2, 0.25) is 12.7 Å². The van der Waals surface area contributed by atoms with Gasteiger partial charge in [-0.05, 0) is 44.2 Å². The summed E-state index contributed by atoms with van der Waals surface area (Å²) < 4.78 is 16.6. The van der Waals surface area contributed by atoms with E-state index >= 15 is 0 Å². The molecule has 2 aliphatic heterocycles. The van der Waals surface area contributed by atoms with Crippen LogP contribution in [-0.4, -0.2) is 55.2 Å².